The van der Waals surface area contributed by atoms with Crippen LogP contribution in [0.1, 0.15) is 24.2 Å². The van der Waals surface area contributed by atoms with Crippen molar-refractivity contribution >= 4 is 16.7 Å². The molecule has 6 nitrogen and oxygen atoms in total. The van der Waals surface area contributed by atoms with E-state index in [4.69, 9.17) is 0 Å². The maximum Gasteiger partial charge on any atom is 0.275 e. The van der Waals surface area contributed by atoms with Gasteiger partial charge in [0.1, 0.15) is 6.54 Å². The zero-order valence-electron chi connectivity index (χ0n) is 14.5. The van der Waals surface area contributed by atoms with Gasteiger partial charge in [-0.1, -0.05) is 24.3 Å². The van der Waals surface area contributed by atoms with Gasteiger partial charge in [0.15, 0.2) is 0 Å². The molecule has 1 aromatic carbocycles. The number of fused-ring (bicyclic) bond motifs is 1. The first-order valence-corrected chi connectivity index (χ1v) is 8.11. The average molecular weight is 336 g/mol. The largest absolute Gasteiger partial charge is 0.337 e. The third-order valence-corrected chi connectivity index (χ3v) is 4.48. The van der Waals surface area contributed by atoms with Crippen molar-refractivity contribution in [2.24, 2.45) is 0 Å². The van der Waals surface area contributed by atoms with Crippen molar-refractivity contribution in [3.05, 3.63) is 70.4 Å². The Kier molecular flexibility index (Phi) is 4.61. The lowest BCUT2D eigenvalue weighted by Crippen LogP contribution is -2.36. The smallest absolute Gasteiger partial charge is 0.275 e. The number of carbonyl (C=O) groups excluding carboxylic acids is 1. The van der Waals surface area contributed by atoms with Gasteiger partial charge in [-0.15, -0.1) is 0 Å². The molecule has 6 heteroatoms. The van der Waals surface area contributed by atoms with Gasteiger partial charge in [0.2, 0.25) is 5.91 Å². The molecule has 128 valence electrons. The average Bonchev–Trinajstić information content (AvgIpc) is 2.65. The van der Waals surface area contributed by atoms with Crippen molar-refractivity contribution in [1.82, 2.24) is 19.7 Å². The lowest BCUT2D eigenvalue weighted by molar-refractivity contribution is -0.132. The van der Waals surface area contributed by atoms with E-state index < -0.39 is 0 Å². The molecule has 3 rings (SSSR count). The van der Waals surface area contributed by atoms with Gasteiger partial charge in [0, 0.05) is 24.8 Å². The number of aromatic nitrogens is 3. The highest BCUT2D eigenvalue weighted by Crippen LogP contribution is 2.18. The van der Waals surface area contributed by atoms with Gasteiger partial charge in [-0.25, -0.2) is 4.68 Å². The van der Waals surface area contributed by atoms with Gasteiger partial charge < -0.3 is 4.90 Å². The second-order valence-electron chi connectivity index (χ2n) is 6.06. The molecule has 0 bridgehead atoms. The third kappa shape index (κ3) is 3.28. The minimum absolute atomic E-state index is 0.0917. The summed E-state index contributed by atoms with van der Waals surface area (Å²) in [5.74, 6) is -0.180. The summed E-state index contributed by atoms with van der Waals surface area (Å²) in [6.07, 6.45) is 3.43. The number of benzene rings is 1. The second-order valence-corrected chi connectivity index (χ2v) is 6.06. The molecule has 0 aliphatic carbocycles. The molecule has 0 saturated carbocycles. The Morgan fingerprint density at radius 3 is 2.60 bits per heavy atom. The summed E-state index contributed by atoms with van der Waals surface area (Å²) in [6, 6.07) is 10.9. The maximum absolute atomic E-state index is 12.6. The van der Waals surface area contributed by atoms with E-state index in [0.717, 1.165) is 16.6 Å². The van der Waals surface area contributed by atoms with E-state index in [-0.39, 0.29) is 24.1 Å². The fourth-order valence-corrected chi connectivity index (χ4v) is 2.81. The van der Waals surface area contributed by atoms with E-state index in [1.165, 1.54) is 4.68 Å². The highest BCUT2D eigenvalue weighted by molar-refractivity contribution is 5.83. The number of hydrogen-bond acceptors (Lipinski definition) is 4. The Balaban J connectivity index is 1.87. The predicted molar refractivity (Wildman–Crippen MR) is 96.2 cm³/mol. The summed E-state index contributed by atoms with van der Waals surface area (Å²) in [5.41, 5.74) is 1.41. The molecular weight excluding hydrogens is 316 g/mol. The van der Waals surface area contributed by atoms with Crippen LogP contribution in [0, 0.1) is 6.92 Å². The van der Waals surface area contributed by atoms with Crippen LogP contribution in [-0.4, -0.2) is 32.6 Å². The zero-order valence-corrected chi connectivity index (χ0v) is 14.5. The number of rotatable bonds is 4. The van der Waals surface area contributed by atoms with Crippen LogP contribution < -0.4 is 5.56 Å². The minimum atomic E-state index is -0.253. The van der Waals surface area contributed by atoms with E-state index in [2.05, 4.69) is 10.1 Å². The van der Waals surface area contributed by atoms with Crippen molar-refractivity contribution in [2.75, 3.05) is 7.05 Å². The quantitative estimate of drug-likeness (QED) is 0.733. The van der Waals surface area contributed by atoms with Crippen LogP contribution >= 0.6 is 0 Å². The Morgan fingerprint density at radius 2 is 1.92 bits per heavy atom. The molecule has 1 amide bonds. The normalized spacial score (nSPS) is 12.1. The molecule has 2 heterocycles. The molecular formula is C19H20N4O2. The third-order valence-electron chi connectivity index (χ3n) is 4.48. The van der Waals surface area contributed by atoms with Crippen molar-refractivity contribution in [3.63, 3.8) is 0 Å². The fourth-order valence-electron chi connectivity index (χ4n) is 2.81. The second kappa shape index (κ2) is 6.84. The van der Waals surface area contributed by atoms with Crippen LogP contribution in [0.25, 0.3) is 10.8 Å². The molecule has 3 aromatic rings. The number of hydrogen-bond donors (Lipinski definition) is 0. The Labute approximate surface area is 145 Å². The lowest BCUT2D eigenvalue weighted by Gasteiger charge is -2.25. The topological polar surface area (TPSA) is 68.1 Å². The van der Waals surface area contributed by atoms with Gasteiger partial charge >= 0.3 is 0 Å². The van der Waals surface area contributed by atoms with Gasteiger partial charge in [-0.2, -0.15) is 5.10 Å². The fraction of sp³-hybridized carbons (Fsp3) is 0.263. The SMILES string of the molecule is Cc1nn(CC(=O)N(C)C(C)c2cccnc2)c(=O)c2ccccc12. The Bertz CT molecular complexity index is 966. The van der Waals surface area contributed by atoms with E-state index >= 15 is 0 Å². The molecule has 0 saturated heterocycles. The molecule has 0 fully saturated rings. The van der Waals surface area contributed by atoms with Gasteiger partial charge in [0.25, 0.3) is 5.56 Å². The van der Waals surface area contributed by atoms with Crippen LogP contribution in [-0.2, 0) is 11.3 Å². The highest BCUT2D eigenvalue weighted by atomic mass is 16.2. The molecule has 0 aliphatic rings. The molecule has 0 aliphatic heterocycles. The van der Waals surface area contributed by atoms with E-state index in [1.54, 1.807) is 30.4 Å². The van der Waals surface area contributed by atoms with Crippen molar-refractivity contribution < 1.29 is 4.79 Å². The van der Waals surface area contributed by atoms with Crippen molar-refractivity contribution in [2.45, 2.75) is 26.4 Å². The zero-order chi connectivity index (χ0) is 18.0. The molecule has 0 N–H and O–H groups in total. The van der Waals surface area contributed by atoms with Crippen LogP contribution in [0.5, 0.6) is 0 Å². The monoisotopic (exact) mass is 336 g/mol. The van der Waals surface area contributed by atoms with Crippen molar-refractivity contribution in [3.8, 4) is 0 Å². The number of pyridine rings is 1. The van der Waals surface area contributed by atoms with Crippen LogP contribution in [0.4, 0.5) is 0 Å². The van der Waals surface area contributed by atoms with Gasteiger partial charge in [0.05, 0.1) is 17.1 Å². The minimum Gasteiger partial charge on any atom is -0.337 e. The number of aryl methyl sites for hydroxylation is 1. The first kappa shape index (κ1) is 16.8. The molecule has 0 radical (unpaired) electrons. The molecule has 25 heavy (non-hydrogen) atoms. The van der Waals surface area contributed by atoms with Crippen LogP contribution in [0.15, 0.2) is 53.6 Å². The summed E-state index contributed by atoms with van der Waals surface area (Å²) in [4.78, 5) is 30.9. The molecule has 0 spiro atoms. The maximum atomic E-state index is 12.6. The van der Waals surface area contributed by atoms with Crippen molar-refractivity contribution in [1.29, 1.82) is 0 Å². The summed E-state index contributed by atoms with van der Waals surface area (Å²) in [5, 5.41) is 5.69. The van der Waals surface area contributed by atoms with Crippen LogP contribution in [0.2, 0.25) is 0 Å². The number of amides is 1. The summed E-state index contributed by atoms with van der Waals surface area (Å²) < 4.78 is 1.24. The first-order valence-electron chi connectivity index (χ1n) is 8.11. The number of likely N-dealkylation sites (N-methyl/N-ethyl adjacent to an activating group) is 1. The summed E-state index contributed by atoms with van der Waals surface area (Å²) >= 11 is 0. The highest BCUT2D eigenvalue weighted by Gasteiger charge is 2.19. The molecule has 1 atom stereocenters. The summed E-state index contributed by atoms with van der Waals surface area (Å²) in [7, 11) is 1.72. The van der Waals surface area contributed by atoms with E-state index in [9.17, 15) is 9.59 Å². The molecule has 1 unspecified atom stereocenters. The number of carbonyl (C=O) groups is 1. The van der Waals surface area contributed by atoms with Gasteiger partial charge in [-0.05, 0) is 31.5 Å². The predicted octanol–water partition coefficient (Wildman–Crippen LogP) is 2.32. The lowest BCUT2D eigenvalue weighted by atomic mass is 10.1. The summed E-state index contributed by atoms with van der Waals surface area (Å²) in [6.45, 7) is 3.67. The van der Waals surface area contributed by atoms with E-state index in [1.807, 2.05) is 44.2 Å². The standard InChI is InChI=1S/C19H20N4O2/c1-13-16-8-4-5-9-17(16)19(25)23(21-13)12-18(24)22(3)14(2)15-7-6-10-20-11-15/h4-11,14H,12H2,1-3H3. The first-order chi connectivity index (χ1) is 12.0. The number of nitrogens with zero attached hydrogens (tertiary/aromatic N) is 4. The van der Waals surface area contributed by atoms with Gasteiger partial charge in [-0.3, -0.25) is 14.6 Å². The van der Waals surface area contributed by atoms with E-state index in [0.29, 0.717) is 5.39 Å². The molecule has 2 aromatic heterocycles. The Hall–Kier alpha value is -3.02. The van der Waals surface area contributed by atoms with Crippen LogP contribution in [0.3, 0.4) is 0 Å². The Morgan fingerprint density at radius 1 is 1.20 bits per heavy atom.